The number of hydrogen-bond acceptors (Lipinski definition) is 6. The SMILES string of the molecule is COc1cc(NC(=O)c2c[nH]c3ccc([N+](=O)[O-])cc23)c(C(=O)N2CCCC2)cc1OC. The van der Waals surface area contributed by atoms with Gasteiger partial charge in [0.25, 0.3) is 17.5 Å². The van der Waals surface area contributed by atoms with Gasteiger partial charge < -0.3 is 24.7 Å². The molecule has 2 heterocycles. The van der Waals surface area contributed by atoms with Crippen LogP contribution in [-0.4, -0.2) is 53.9 Å². The highest BCUT2D eigenvalue weighted by Gasteiger charge is 2.26. The van der Waals surface area contributed by atoms with E-state index in [0.29, 0.717) is 35.5 Å². The number of aromatic amines is 1. The van der Waals surface area contributed by atoms with Gasteiger partial charge in [-0.2, -0.15) is 0 Å². The Balaban J connectivity index is 1.73. The zero-order chi connectivity index (χ0) is 22.8. The molecule has 0 aliphatic carbocycles. The third-order valence-electron chi connectivity index (χ3n) is 5.52. The number of ether oxygens (including phenoxy) is 2. The van der Waals surface area contributed by atoms with E-state index in [1.807, 2.05) is 0 Å². The number of benzene rings is 2. The summed E-state index contributed by atoms with van der Waals surface area (Å²) in [4.78, 5) is 41.5. The lowest BCUT2D eigenvalue weighted by molar-refractivity contribution is -0.384. The Hall–Kier alpha value is -4.08. The second-order valence-corrected chi connectivity index (χ2v) is 7.40. The van der Waals surface area contributed by atoms with E-state index in [1.54, 1.807) is 17.0 Å². The van der Waals surface area contributed by atoms with Crippen molar-refractivity contribution < 1.29 is 24.0 Å². The van der Waals surface area contributed by atoms with E-state index in [1.165, 1.54) is 38.6 Å². The van der Waals surface area contributed by atoms with Crippen LogP contribution in [0.1, 0.15) is 33.6 Å². The molecule has 0 atom stereocenters. The lowest BCUT2D eigenvalue weighted by Crippen LogP contribution is -2.29. The monoisotopic (exact) mass is 438 g/mol. The van der Waals surface area contributed by atoms with E-state index in [9.17, 15) is 19.7 Å². The molecule has 0 radical (unpaired) electrons. The average Bonchev–Trinajstić information content (AvgIpc) is 3.47. The van der Waals surface area contributed by atoms with Gasteiger partial charge in [-0.1, -0.05) is 0 Å². The third kappa shape index (κ3) is 3.82. The van der Waals surface area contributed by atoms with Gasteiger partial charge in [-0.25, -0.2) is 0 Å². The molecule has 32 heavy (non-hydrogen) atoms. The van der Waals surface area contributed by atoms with Gasteiger partial charge in [0, 0.05) is 48.4 Å². The largest absolute Gasteiger partial charge is 0.493 e. The maximum Gasteiger partial charge on any atom is 0.270 e. The number of nitro groups is 1. The molecule has 1 aromatic heterocycles. The minimum absolute atomic E-state index is 0.123. The standard InChI is InChI=1S/C22H22N4O6/c1-31-19-10-15(22(28)25-7-3-4-8-25)18(11-20(19)32-2)24-21(27)16-12-23-17-6-5-13(26(29)30)9-14(16)17/h5-6,9-12,23H,3-4,7-8H2,1-2H3,(H,24,27). The van der Waals surface area contributed by atoms with Crippen LogP contribution in [0.25, 0.3) is 10.9 Å². The molecule has 1 saturated heterocycles. The molecule has 10 nitrogen and oxygen atoms in total. The van der Waals surface area contributed by atoms with Gasteiger partial charge in [0.15, 0.2) is 11.5 Å². The van der Waals surface area contributed by atoms with Gasteiger partial charge in [-0.15, -0.1) is 0 Å². The Kier molecular flexibility index (Phi) is 5.67. The van der Waals surface area contributed by atoms with Crippen molar-refractivity contribution in [3.05, 3.63) is 57.8 Å². The summed E-state index contributed by atoms with van der Waals surface area (Å²) >= 11 is 0. The third-order valence-corrected chi connectivity index (χ3v) is 5.52. The van der Waals surface area contributed by atoms with Gasteiger partial charge in [0.2, 0.25) is 0 Å². The minimum atomic E-state index is -0.519. The summed E-state index contributed by atoms with van der Waals surface area (Å²) in [5.41, 5.74) is 1.23. The molecule has 2 amide bonds. The van der Waals surface area contributed by atoms with E-state index in [-0.39, 0.29) is 28.4 Å². The Morgan fingerprint density at radius 2 is 1.75 bits per heavy atom. The molecular weight excluding hydrogens is 416 g/mol. The average molecular weight is 438 g/mol. The molecule has 2 N–H and O–H groups in total. The summed E-state index contributed by atoms with van der Waals surface area (Å²) in [7, 11) is 2.93. The van der Waals surface area contributed by atoms with E-state index >= 15 is 0 Å². The summed E-state index contributed by atoms with van der Waals surface area (Å²) in [6, 6.07) is 7.34. The summed E-state index contributed by atoms with van der Waals surface area (Å²) in [6.45, 7) is 1.29. The van der Waals surface area contributed by atoms with E-state index in [0.717, 1.165) is 12.8 Å². The van der Waals surface area contributed by atoms with Crippen molar-refractivity contribution in [2.24, 2.45) is 0 Å². The van der Waals surface area contributed by atoms with E-state index in [4.69, 9.17) is 9.47 Å². The van der Waals surface area contributed by atoms with Gasteiger partial charge in [-0.05, 0) is 25.0 Å². The number of nitrogens with zero attached hydrogens (tertiary/aromatic N) is 2. The highest BCUT2D eigenvalue weighted by atomic mass is 16.6. The number of methoxy groups -OCH3 is 2. The number of likely N-dealkylation sites (tertiary alicyclic amines) is 1. The van der Waals surface area contributed by atoms with Crippen molar-refractivity contribution in [3.63, 3.8) is 0 Å². The van der Waals surface area contributed by atoms with Crippen LogP contribution in [0.4, 0.5) is 11.4 Å². The van der Waals surface area contributed by atoms with Crippen molar-refractivity contribution in [2.45, 2.75) is 12.8 Å². The van der Waals surface area contributed by atoms with Crippen LogP contribution in [0, 0.1) is 10.1 Å². The molecule has 1 aliphatic heterocycles. The van der Waals surface area contributed by atoms with Crippen LogP contribution in [0.3, 0.4) is 0 Å². The highest BCUT2D eigenvalue weighted by molar-refractivity contribution is 6.15. The van der Waals surface area contributed by atoms with Crippen molar-refractivity contribution in [2.75, 3.05) is 32.6 Å². The maximum absolute atomic E-state index is 13.1. The predicted octanol–water partition coefficient (Wildman–Crippen LogP) is 3.58. The van der Waals surface area contributed by atoms with E-state index in [2.05, 4.69) is 10.3 Å². The number of carbonyl (C=O) groups is 2. The summed E-state index contributed by atoms with van der Waals surface area (Å²) in [5, 5.41) is 14.3. The van der Waals surface area contributed by atoms with Gasteiger partial charge in [-0.3, -0.25) is 19.7 Å². The first kappa shape index (κ1) is 21.2. The molecule has 10 heteroatoms. The normalized spacial score (nSPS) is 13.2. The topological polar surface area (TPSA) is 127 Å². The first-order valence-electron chi connectivity index (χ1n) is 10.0. The second-order valence-electron chi connectivity index (χ2n) is 7.40. The fourth-order valence-electron chi connectivity index (χ4n) is 3.85. The summed E-state index contributed by atoms with van der Waals surface area (Å²) in [6.07, 6.45) is 3.33. The quantitative estimate of drug-likeness (QED) is 0.447. The summed E-state index contributed by atoms with van der Waals surface area (Å²) < 4.78 is 10.7. The van der Waals surface area contributed by atoms with Gasteiger partial charge >= 0.3 is 0 Å². The number of non-ortho nitro benzene ring substituents is 1. The van der Waals surface area contributed by atoms with Crippen molar-refractivity contribution in [3.8, 4) is 11.5 Å². The number of rotatable bonds is 6. The van der Waals surface area contributed by atoms with Crippen molar-refractivity contribution in [1.29, 1.82) is 0 Å². The lowest BCUT2D eigenvalue weighted by atomic mass is 10.1. The van der Waals surface area contributed by atoms with Gasteiger partial charge in [0.05, 0.1) is 36.0 Å². The number of fused-ring (bicyclic) bond motifs is 1. The molecular formula is C22H22N4O6. The van der Waals surface area contributed by atoms with Crippen LogP contribution in [0.2, 0.25) is 0 Å². The van der Waals surface area contributed by atoms with Gasteiger partial charge in [0.1, 0.15) is 0 Å². The minimum Gasteiger partial charge on any atom is -0.493 e. The number of nitrogens with one attached hydrogen (secondary N) is 2. The second kappa shape index (κ2) is 8.58. The zero-order valence-corrected chi connectivity index (χ0v) is 17.6. The number of amides is 2. The molecule has 166 valence electrons. The number of anilines is 1. The number of H-pyrrole nitrogens is 1. The molecule has 0 saturated carbocycles. The molecule has 4 rings (SSSR count). The predicted molar refractivity (Wildman–Crippen MR) is 118 cm³/mol. The number of hydrogen-bond donors (Lipinski definition) is 2. The van der Waals surface area contributed by atoms with Crippen LogP contribution >= 0.6 is 0 Å². The van der Waals surface area contributed by atoms with Crippen LogP contribution in [-0.2, 0) is 0 Å². The Bertz CT molecular complexity index is 1210. The van der Waals surface area contributed by atoms with Crippen molar-refractivity contribution >= 4 is 34.1 Å². The molecule has 1 fully saturated rings. The number of carbonyl (C=O) groups excluding carboxylic acids is 2. The van der Waals surface area contributed by atoms with Crippen LogP contribution in [0.15, 0.2) is 36.5 Å². The highest BCUT2D eigenvalue weighted by Crippen LogP contribution is 2.35. The molecule has 3 aromatic rings. The molecule has 1 aliphatic rings. The maximum atomic E-state index is 13.1. The fourth-order valence-corrected chi connectivity index (χ4v) is 3.85. The Morgan fingerprint density at radius 1 is 1.06 bits per heavy atom. The zero-order valence-electron chi connectivity index (χ0n) is 17.6. The fraction of sp³-hybridized carbons (Fsp3) is 0.273. The first-order chi connectivity index (χ1) is 15.4. The Morgan fingerprint density at radius 3 is 2.41 bits per heavy atom. The van der Waals surface area contributed by atoms with Crippen LogP contribution in [0.5, 0.6) is 11.5 Å². The molecule has 0 bridgehead atoms. The summed E-state index contributed by atoms with van der Waals surface area (Å²) in [5.74, 6) is -0.00106. The number of nitro benzene ring substituents is 1. The van der Waals surface area contributed by atoms with E-state index < -0.39 is 10.8 Å². The van der Waals surface area contributed by atoms with Crippen molar-refractivity contribution in [1.82, 2.24) is 9.88 Å². The van der Waals surface area contributed by atoms with Crippen LogP contribution < -0.4 is 14.8 Å². The first-order valence-corrected chi connectivity index (χ1v) is 10.0. The molecule has 0 unspecified atom stereocenters. The number of aromatic nitrogens is 1. The lowest BCUT2D eigenvalue weighted by Gasteiger charge is -2.20. The Labute approximate surface area is 183 Å². The molecule has 2 aromatic carbocycles. The smallest absolute Gasteiger partial charge is 0.270 e. The molecule has 0 spiro atoms.